The highest BCUT2D eigenvalue weighted by Crippen LogP contribution is 2.16. The number of hydrogen-bond acceptors (Lipinski definition) is 3. The van der Waals surface area contributed by atoms with Crippen molar-refractivity contribution in [3.63, 3.8) is 0 Å². The van der Waals surface area contributed by atoms with Gasteiger partial charge in [-0.25, -0.2) is 4.98 Å². The van der Waals surface area contributed by atoms with E-state index >= 15 is 0 Å². The van der Waals surface area contributed by atoms with Crippen LogP contribution in [-0.2, 0) is 11.2 Å². The molecule has 0 saturated heterocycles. The van der Waals surface area contributed by atoms with E-state index in [4.69, 9.17) is 0 Å². The van der Waals surface area contributed by atoms with E-state index in [1.165, 1.54) is 12.4 Å². The van der Waals surface area contributed by atoms with Crippen LogP contribution < -0.4 is 5.32 Å². The van der Waals surface area contributed by atoms with E-state index in [1.807, 2.05) is 24.3 Å². The third-order valence-corrected chi connectivity index (χ3v) is 3.40. The van der Waals surface area contributed by atoms with Gasteiger partial charge in [0.25, 0.3) is 0 Å². The number of aromatic amines is 1. The molecule has 0 bridgehead atoms. The van der Waals surface area contributed by atoms with Crippen LogP contribution in [0.4, 0.5) is 0 Å². The summed E-state index contributed by atoms with van der Waals surface area (Å²) in [6.07, 6.45) is 6.40. The van der Waals surface area contributed by atoms with E-state index in [-0.39, 0.29) is 5.91 Å². The van der Waals surface area contributed by atoms with E-state index in [0.717, 1.165) is 28.7 Å². The second-order valence-corrected chi connectivity index (χ2v) is 5.04. The predicted molar refractivity (Wildman–Crippen MR) is 80.9 cm³/mol. The lowest BCUT2D eigenvalue weighted by Crippen LogP contribution is -2.22. The molecule has 0 fully saturated rings. The summed E-state index contributed by atoms with van der Waals surface area (Å²) in [6, 6.07) is 7.75. The summed E-state index contributed by atoms with van der Waals surface area (Å²) in [5.41, 5.74) is 0.976. The topological polar surface area (TPSA) is 70.7 Å². The van der Waals surface area contributed by atoms with Crippen molar-refractivity contribution in [2.45, 2.75) is 12.8 Å². The van der Waals surface area contributed by atoms with Gasteiger partial charge in [0.2, 0.25) is 5.91 Å². The predicted octanol–water partition coefficient (Wildman–Crippen LogP) is 2.33. The number of rotatable bonds is 6. The number of nitrogens with zero attached hydrogens (tertiary/aromatic N) is 2. The minimum atomic E-state index is -0.0988. The number of nitrogens with one attached hydrogen (secondary N) is 2. The number of carbonyl (C=O) groups excluding carboxylic acids is 1. The highest BCUT2D eigenvalue weighted by Gasteiger charge is 1.99. The van der Waals surface area contributed by atoms with Crippen molar-refractivity contribution >= 4 is 27.9 Å². The second kappa shape index (κ2) is 7.59. The lowest BCUT2D eigenvalue weighted by atomic mass is 10.2. The van der Waals surface area contributed by atoms with Crippen LogP contribution >= 0.6 is 15.9 Å². The summed E-state index contributed by atoms with van der Waals surface area (Å²) in [5, 5.41) is 9.39. The Morgan fingerprint density at radius 3 is 3.00 bits per heavy atom. The molecule has 0 unspecified atom stereocenters. The van der Waals surface area contributed by atoms with Crippen LogP contribution in [-0.4, -0.2) is 27.6 Å². The van der Waals surface area contributed by atoms with Gasteiger partial charge in [-0.1, -0.05) is 34.1 Å². The van der Waals surface area contributed by atoms with Crippen molar-refractivity contribution in [3.05, 3.63) is 52.5 Å². The minimum Gasteiger partial charge on any atom is -0.353 e. The second-order valence-electron chi connectivity index (χ2n) is 4.18. The fourth-order valence-corrected chi connectivity index (χ4v) is 2.07. The SMILES string of the molecule is O=C(C=Cc1ccccc1Br)NCCCc1ncn[nH]1. The zero-order valence-electron chi connectivity index (χ0n) is 10.8. The number of benzene rings is 1. The van der Waals surface area contributed by atoms with Crippen LogP contribution in [0.3, 0.4) is 0 Å². The molecule has 2 N–H and O–H groups in total. The van der Waals surface area contributed by atoms with Gasteiger partial charge in [-0.3, -0.25) is 9.89 Å². The van der Waals surface area contributed by atoms with Crippen molar-refractivity contribution in [1.82, 2.24) is 20.5 Å². The molecule has 20 heavy (non-hydrogen) atoms. The van der Waals surface area contributed by atoms with Crippen LogP contribution in [0.15, 0.2) is 41.1 Å². The van der Waals surface area contributed by atoms with Gasteiger partial charge in [0.05, 0.1) is 0 Å². The Morgan fingerprint density at radius 2 is 2.25 bits per heavy atom. The average Bonchev–Trinajstić information content (AvgIpc) is 2.96. The molecule has 1 amide bonds. The molecule has 0 radical (unpaired) electrons. The molecule has 0 aliphatic heterocycles. The molecule has 0 aliphatic carbocycles. The van der Waals surface area contributed by atoms with Gasteiger partial charge >= 0.3 is 0 Å². The monoisotopic (exact) mass is 334 g/mol. The molecule has 0 atom stereocenters. The number of aryl methyl sites for hydroxylation is 1. The molecular weight excluding hydrogens is 320 g/mol. The van der Waals surface area contributed by atoms with Gasteiger partial charge < -0.3 is 5.32 Å². The molecule has 104 valence electrons. The van der Waals surface area contributed by atoms with Gasteiger partial charge in [-0.15, -0.1) is 0 Å². The molecule has 1 heterocycles. The quantitative estimate of drug-likeness (QED) is 0.629. The minimum absolute atomic E-state index is 0.0988. The Kier molecular flexibility index (Phi) is 5.49. The van der Waals surface area contributed by atoms with Crippen molar-refractivity contribution in [2.75, 3.05) is 6.54 Å². The van der Waals surface area contributed by atoms with Crippen LogP contribution in [0.1, 0.15) is 17.8 Å². The number of H-pyrrole nitrogens is 1. The Bertz CT molecular complexity index is 581. The molecule has 1 aromatic heterocycles. The van der Waals surface area contributed by atoms with E-state index in [0.29, 0.717) is 6.54 Å². The van der Waals surface area contributed by atoms with Crippen LogP contribution in [0.2, 0.25) is 0 Å². The molecule has 0 saturated carbocycles. The van der Waals surface area contributed by atoms with Crippen molar-refractivity contribution in [2.24, 2.45) is 0 Å². The molecular formula is C14H15BrN4O. The zero-order valence-corrected chi connectivity index (χ0v) is 12.4. The number of amides is 1. The zero-order chi connectivity index (χ0) is 14.2. The van der Waals surface area contributed by atoms with Gasteiger partial charge in [-0.05, 0) is 24.1 Å². The Balaban J connectivity index is 1.71. The summed E-state index contributed by atoms with van der Waals surface area (Å²) in [7, 11) is 0. The summed E-state index contributed by atoms with van der Waals surface area (Å²) in [4.78, 5) is 15.7. The van der Waals surface area contributed by atoms with Gasteiger partial charge in [-0.2, -0.15) is 5.10 Å². The van der Waals surface area contributed by atoms with E-state index in [9.17, 15) is 4.79 Å². The molecule has 0 aliphatic rings. The van der Waals surface area contributed by atoms with Gasteiger partial charge in [0.15, 0.2) is 0 Å². The third kappa shape index (κ3) is 4.62. The smallest absolute Gasteiger partial charge is 0.243 e. The van der Waals surface area contributed by atoms with Gasteiger partial charge in [0.1, 0.15) is 12.2 Å². The first-order valence-electron chi connectivity index (χ1n) is 6.30. The summed E-state index contributed by atoms with van der Waals surface area (Å²) in [5.74, 6) is 0.737. The van der Waals surface area contributed by atoms with Crippen molar-refractivity contribution in [3.8, 4) is 0 Å². The number of halogens is 1. The maximum Gasteiger partial charge on any atom is 0.243 e. The molecule has 1 aromatic carbocycles. The maximum absolute atomic E-state index is 11.6. The Labute approximate surface area is 125 Å². The standard InChI is InChI=1S/C14H15BrN4O/c15-12-5-2-1-4-11(12)7-8-14(20)16-9-3-6-13-17-10-18-19-13/h1-2,4-5,7-8,10H,3,6,9H2,(H,16,20)(H,17,18,19). The largest absolute Gasteiger partial charge is 0.353 e. The van der Waals surface area contributed by atoms with E-state index in [2.05, 4.69) is 36.4 Å². The van der Waals surface area contributed by atoms with Crippen LogP contribution in [0, 0.1) is 0 Å². The molecule has 5 nitrogen and oxygen atoms in total. The summed E-state index contributed by atoms with van der Waals surface area (Å²) >= 11 is 3.43. The highest BCUT2D eigenvalue weighted by molar-refractivity contribution is 9.10. The number of carbonyl (C=O) groups is 1. The van der Waals surface area contributed by atoms with Gasteiger partial charge in [0, 0.05) is 23.5 Å². The maximum atomic E-state index is 11.6. The van der Waals surface area contributed by atoms with Crippen molar-refractivity contribution in [1.29, 1.82) is 0 Å². The first kappa shape index (κ1) is 14.5. The first-order chi connectivity index (χ1) is 9.75. The van der Waals surface area contributed by atoms with Crippen LogP contribution in [0.25, 0.3) is 6.08 Å². The molecule has 2 rings (SSSR count). The molecule has 2 aromatic rings. The molecule has 0 spiro atoms. The highest BCUT2D eigenvalue weighted by atomic mass is 79.9. The van der Waals surface area contributed by atoms with E-state index < -0.39 is 0 Å². The lowest BCUT2D eigenvalue weighted by Gasteiger charge is -2.01. The average molecular weight is 335 g/mol. The number of aromatic nitrogens is 3. The van der Waals surface area contributed by atoms with E-state index in [1.54, 1.807) is 6.08 Å². The first-order valence-corrected chi connectivity index (χ1v) is 7.09. The molecule has 6 heteroatoms. The lowest BCUT2D eigenvalue weighted by molar-refractivity contribution is -0.116. The third-order valence-electron chi connectivity index (χ3n) is 2.67. The Hall–Kier alpha value is -1.95. The fraction of sp³-hybridized carbons (Fsp3) is 0.214. The number of hydrogen-bond donors (Lipinski definition) is 2. The summed E-state index contributed by atoms with van der Waals surface area (Å²) in [6.45, 7) is 0.611. The summed E-state index contributed by atoms with van der Waals surface area (Å²) < 4.78 is 0.967. The van der Waals surface area contributed by atoms with Crippen LogP contribution in [0.5, 0.6) is 0 Å². The normalized spacial score (nSPS) is 10.8. The van der Waals surface area contributed by atoms with Crippen molar-refractivity contribution < 1.29 is 4.79 Å². The fourth-order valence-electron chi connectivity index (χ4n) is 1.65. The Morgan fingerprint density at radius 1 is 1.40 bits per heavy atom.